The van der Waals surface area contributed by atoms with Crippen molar-refractivity contribution in [2.75, 3.05) is 24.5 Å². The molecule has 0 atom stereocenters. The predicted octanol–water partition coefficient (Wildman–Crippen LogP) is 3.52. The van der Waals surface area contributed by atoms with Crippen molar-refractivity contribution in [2.24, 2.45) is 0 Å². The zero-order valence-electron chi connectivity index (χ0n) is 12.7. The first-order valence-corrected chi connectivity index (χ1v) is 7.35. The molecule has 2 aromatic rings. The summed E-state index contributed by atoms with van der Waals surface area (Å²) in [6, 6.07) is 8.43. The minimum absolute atomic E-state index is 0.759. The molecule has 0 saturated heterocycles. The monoisotopic (exact) mass is 281 g/mol. The highest BCUT2D eigenvalue weighted by atomic mass is 15.2. The van der Waals surface area contributed by atoms with Gasteiger partial charge >= 0.3 is 0 Å². The van der Waals surface area contributed by atoms with Crippen LogP contribution < -0.4 is 10.2 Å². The molecule has 0 amide bonds. The number of benzene rings is 1. The molecule has 1 N–H and O–H groups in total. The molecule has 3 heteroatoms. The van der Waals surface area contributed by atoms with Gasteiger partial charge < -0.3 is 10.2 Å². The predicted molar refractivity (Wildman–Crippen MR) is 91.7 cm³/mol. The highest BCUT2D eigenvalue weighted by Gasteiger charge is 2.11. The number of aromatic nitrogens is 1. The minimum atomic E-state index is 0.759. The Bertz CT molecular complexity index is 609. The molecule has 110 valence electrons. The molecule has 0 spiro atoms. The fourth-order valence-electron chi connectivity index (χ4n) is 2.45. The maximum atomic E-state index is 4.69. The lowest BCUT2D eigenvalue weighted by molar-refractivity contribution is 0.728. The molecule has 2 rings (SSSR count). The highest BCUT2D eigenvalue weighted by molar-refractivity contribution is 5.94. The average Bonchev–Trinajstić information content (AvgIpc) is 2.52. The van der Waals surface area contributed by atoms with Gasteiger partial charge in [-0.15, -0.1) is 13.2 Å². The number of hydrogen-bond acceptors (Lipinski definition) is 3. The lowest BCUT2D eigenvalue weighted by Gasteiger charge is -2.23. The molecular formula is C18H23N3. The van der Waals surface area contributed by atoms with E-state index in [2.05, 4.69) is 59.5 Å². The lowest BCUT2D eigenvalue weighted by Crippen LogP contribution is -2.24. The smallest absolute Gasteiger partial charge is 0.136 e. The van der Waals surface area contributed by atoms with E-state index in [4.69, 9.17) is 0 Å². The van der Waals surface area contributed by atoms with Gasteiger partial charge in [0.1, 0.15) is 5.82 Å². The molecule has 0 radical (unpaired) electrons. The van der Waals surface area contributed by atoms with E-state index in [1.165, 1.54) is 16.3 Å². The van der Waals surface area contributed by atoms with Gasteiger partial charge in [-0.3, -0.25) is 0 Å². The van der Waals surface area contributed by atoms with Gasteiger partial charge in [0.25, 0.3) is 0 Å². The summed E-state index contributed by atoms with van der Waals surface area (Å²) in [6.07, 6.45) is 5.76. The van der Waals surface area contributed by atoms with Gasteiger partial charge in [0, 0.05) is 31.2 Å². The van der Waals surface area contributed by atoms with Crippen LogP contribution in [0.2, 0.25) is 0 Å². The summed E-state index contributed by atoms with van der Waals surface area (Å²) in [5.74, 6) is 0.991. The molecule has 1 aromatic heterocycles. The third-order valence-corrected chi connectivity index (χ3v) is 3.42. The van der Waals surface area contributed by atoms with Crippen LogP contribution in [0.25, 0.3) is 10.8 Å². The van der Waals surface area contributed by atoms with E-state index in [1.54, 1.807) is 0 Å². The standard InChI is InChI=1S/C18H23N3/c1-4-11-21(12-5-2)18-17-10-8-7-9-16(17)15(14-20-18)13-19-6-3/h4-5,7-10,14,19H,1-2,6,11-13H2,3H3. The van der Waals surface area contributed by atoms with Crippen molar-refractivity contribution >= 4 is 16.6 Å². The summed E-state index contributed by atoms with van der Waals surface area (Å²) in [7, 11) is 0. The second kappa shape index (κ2) is 7.60. The van der Waals surface area contributed by atoms with Gasteiger partial charge in [-0.1, -0.05) is 43.3 Å². The Morgan fingerprint density at radius 2 is 1.81 bits per heavy atom. The Labute approximate surface area is 127 Å². The van der Waals surface area contributed by atoms with Crippen LogP contribution in [0.3, 0.4) is 0 Å². The second-order valence-corrected chi connectivity index (χ2v) is 4.92. The van der Waals surface area contributed by atoms with Crippen LogP contribution in [0.1, 0.15) is 12.5 Å². The van der Waals surface area contributed by atoms with Gasteiger partial charge in [-0.05, 0) is 17.5 Å². The molecule has 0 bridgehead atoms. The lowest BCUT2D eigenvalue weighted by atomic mass is 10.1. The van der Waals surface area contributed by atoms with E-state index in [0.717, 1.165) is 32.0 Å². The van der Waals surface area contributed by atoms with Gasteiger partial charge in [0.05, 0.1) is 0 Å². The molecule has 21 heavy (non-hydrogen) atoms. The van der Waals surface area contributed by atoms with Crippen molar-refractivity contribution in [2.45, 2.75) is 13.5 Å². The van der Waals surface area contributed by atoms with Crippen molar-refractivity contribution < 1.29 is 0 Å². The van der Waals surface area contributed by atoms with Crippen LogP contribution >= 0.6 is 0 Å². The fourth-order valence-corrected chi connectivity index (χ4v) is 2.45. The molecule has 3 nitrogen and oxygen atoms in total. The van der Waals surface area contributed by atoms with E-state index in [0.29, 0.717) is 0 Å². The first kappa shape index (κ1) is 15.3. The van der Waals surface area contributed by atoms with E-state index < -0.39 is 0 Å². The molecule has 0 unspecified atom stereocenters. The third-order valence-electron chi connectivity index (χ3n) is 3.42. The number of pyridine rings is 1. The summed E-state index contributed by atoms with van der Waals surface area (Å²) in [4.78, 5) is 6.87. The van der Waals surface area contributed by atoms with Crippen molar-refractivity contribution in [3.8, 4) is 0 Å². The number of anilines is 1. The van der Waals surface area contributed by atoms with Gasteiger partial charge in [0.15, 0.2) is 0 Å². The van der Waals surface area contributed by atoms with E-state index >= 15 is 0 Å². The summed E-state index contributed by atoms with van der Waals surface area (Å²) in [6.45, 7) is 13.1. The molecule has 1 heterocycles. The molecule has 0 saturated carbocycles. The van der Waals surface area contributed by atoms with Crippen LogP contribution in [0.4, 0.5) is 5.82 Å². The van der Waals surface area contributed by atoms with E-state index in [1.807, 2.05) is 18.3 Å². The molecule has 0 aliphatic carbocycles. The number of fused-ring (bicyclic) bond motifs is 1. The Kier molecular flexibility index (Phi) is 5.52. The number of nitrogens with zero attached hydrogens (tertiary/aromatic N) is 2. The molecule has 0 fully saturated rings. The highest BCUT2D eigenvalue weighted by Crippen LogP contribution is 2.27. The van der Waals surface area contributed by atoms with E-state index in [-0.39, 0.29) is 0 Å². The van der Waals surface area contributed by atoms with Crippen molar-refractivity contribution in [1.82, 2.24) is 10.3 Å². The summed E-state index contributed by atoms with van der Waals surface area (Å²) < 4.78 is 0. The number of rotatable bonds is 8. The maximum absolute atomic E-state index is 4.69. The first-order chi connectivity index (χ1) is 10.3. The van der Waals surface area contributed by atoms with Crippen LogP contribution in [0.5, 0.6) is 0 Å². The van der Waals surface area contributed by atoms with Crippen molar-refractivity contribution in [3.63, 3.8) is 0 Å². The summed E-state index contributed by atoms with van der Waals surface area (Å²) >= 11 is 0. The van der Waals surface area contributed by atoms with E-state index in [9.17, 15) is 0 Å². The topological polar surface area (TPSA) is 28.2 Å². The van der Waals surface area contributed by atoms with Gasteiger partial charge in [-0.2, -0.15) is 0 Å². The van der Waals surface area contributed by atoms with Crippen molar-refractivity contribution in [3.05, 3.63) is 61.3 Å². The second-order valence-electron chi connectivity index (χ2n) is 4.92. The summed E-state index contributed by atoms with van der Waals surface area (Å²) in [5.41, 5.74) is 1.23. The maximum Gasteiger partial charge on any atom is 0.136 e. The Hall–Kier alpha value is -2.13. The minimum Gasteiger partial charge on any atom is -0.349 e. The van der Waals surface area contributed by atoms with Gasteiger partial charge in [0.2, 0.25) is 0 Å². The van der Waals surface area contributed by atoms with Crippen LogP contribution in [-0.4, -0.2) is 24.6 Å². The van der Waals surface area contributed by atoms with Crippen LogP contribution in [-0.2, 0) is 6.54 Å². The molecule has 1 aromatic carbocycles. The SMILES string of the molecule is C=CCN(CC=C)c1ncc(CNCC)c2ccccc12. The zero-order chi connectivity index (χ0) is 15.1. The molecule has 0 aliphatic heterocycles. The average molecular weight is 281 g/mol. The number of nitrogens with one attached hydrogen (secondary N) is 1. The first-order valence-electron chi connectivity index (χ1n) is 7.35. The van der Waals surface area contributed by atoms with Gasteiger partial charge in [-0.25, -0.2) is 4.98 Å². The Morgan fingerprint density at radius 1 is 1.14 bits per heavy atom. The normalized spacial score (nSPS) is 10.5. The summed E-state index contributed by atoms with van der Waals surface area (Å²) in [5, 5.41) is 5.80. The molecular weight excluding hydrogens is 258 g/mol. The largest absolute Gasteiger partial charge is 0.349 e. The number of hydrogen-bond donors (Lipinski definition) is 1. The third kappa shape index (κ3) is 3.50. The van der Waals surface area contributed by atoms with Crippen molar-refractivity contribution in [1.29, 1.82) is 0 Å². The molecule has 0 aliphatic rings. The Balaban J connectivity index is 2.49. The Morgan fingerprint density at radius 3 is 2.43 bits per heavy atom. The van der Waals surface area contributed by atoms with Crippen LogP contribution in [0, 0.1) is 0 Å². The fraction of sp³-hybridized carbons (Fsp3) is 0.278. The zero-order valence-corrected chi connectivity index (χ0v) is 12.7. The quantitative estimate of drug-likeness (QED) is 0.750. The van der Waals surface area contributed by atoms with Crippen LogP contribution in [0.15, 0.2) is 55.8 Å².